The highest BCUT2D eigenvalue weighted by molar-refractivity contribution is 6.30. The lowest BCUT2D eigenvalue weighted by Gasteiger charge is -2.14. The SMILES string of the molecule is O=C(Nc1ccc(Oc2ccc(Cl)cc2)nc1)c1ccc(N2CCNC2=O)cc1. The first-order chi connectivity index (χ1) is 14.1. The highest BCUT2D eigenvalue weighted by atomic mass is 35.5. The van der Waals surface area contributed by atoms with Crippen LogP contribution in [0.15, 0.2) is 66.9 Å². The van der Waals surface area contributed by atoms with Crippen molar-refractivity contribution in [1.29, 1.82) is 0 Å². The minimum Gasteiger partial charge on any atom is -0.439 e. The lowest BCUT2D eigenvalue weighted by Crippen LogP contribution is -2.27. The Kier molecular flexibility index (Phi) is 5.31. The Morgan fingerprint density at radius 3 is 2.45 bits per heavy atom. The lowest BCUT2D eigenvalue weighted by molar-refractivity contribution is 0.102. The first-order valence-corrected chi connectivity index (χ1v) is 9.32. The summed E-state index contributed by atoms with van der Waals surface area (Å²) in [6.07, 6.45) is 1.52. The third kappa shape index (κ3) is 4.47. The van der Waals surface area contributed by atoms with Crippen LogP contribution in [-0.4, -0.2) is 30.0 Å². The average molecular weight is 409 g/mol. The second-order valence-electron chi connectivity index (χ2n) is 6.33. The molecule has 0 radical (unpaired) electrons. The minimum absolute atomic E-state index is 0.130. The van der Waals surface area contributed by atoms with E-state index in [4.69, 9.17) is 16.3 Å². The van der Waals surface area contributed by atoms with Crippen LogP contribution in [-0.2, 0) is 0 Å². The number of rotatable bonds is 5. The van der Waals surface area contributed by atoms with Crippen LogP contribution in [0.3, 0.4) is 0 Å². The van der Waals surface area contributed by atoms with Crippen LogP contribution >= 0.6 is 11.6 Å². The molecular formula is C21H17ClN4O3. The topological polar surface area (TPSA) is 83.6 Å². The zero-order valence-electron chi connectivity index (χ0n) is 15.3. The summed E-state index contributed by atoms with van der Waals surface area (Å²) < 4.78 is 5.63. The molecule has 1 saturated heterocycles. The zero-order valence-corrected chi connectivity index (χ0v) is 16.0. The van der Waals surface area contributed by atoms with Gasteiger partial charge >= 0.3 is 6.03 Å². The first-order valence-electron chi connectivity index (χ1n) is 8.95. The number of urea groups is 1. The number of aromatic nitrogens is 1. The van der Waals surface area contributed by atoms with Crippen molar-refractivity contribution in [3.63, 3.8) is 0 Å². The van der Waals surface area contributed by atoms with E-state index in [-0.39, 0.29) is 11.9 Å². The maximum absolute atomic E-state index is 12.4. The monoisotopic (exact) mass is 408 g/mol. The van der Waals surface area contributed by atoms with Gasteiger partial charge in [-0.2, -0.15) is 0 Å². The van der Waals surface area contributed by atoms with Crippen LogP contribution in [0.25, 0.3) is 0 Å². The van der Waals surface area contributed by atoms with Gasteiger partial charge in [0.25, 0.3) is 5.91 Å². The van der Waals surface area contributed by atoms with Crippen molar-refractivity contribution >= 4 is 34.9 Å². The number of amides is 3. The number of ether oxygens (including phenoxy) is 1. The number of carbonyl (C=O) groups excluding carboxylic acids is 2. The Morgan fingerprint density at radius 1 is 1.07 bits per heavy atom. The fourth-order valence-electron chi connectivity index (χ4n) is 2.85. The van der Waals surface area contributed by atoms with Crippen LogP contribution in [0.5, 0.6) is 11.6 Å². The van der Waals surface area contributed by atoms with E-state index >= 15 is 0 Å². The Hall–Kier alpha value is -3.58. The molecule has 0 atom stereocenters. The van der Waals surface area contributed by atoms with E-state index < -0.39 is 0 Å². The molecule has 1 aromatic heterocycles. The number of pyridine rings is 1. The fourth-order valence-corrected chi connectivity index (χ4v) is 2.98. The van der Waals surface area contributed by atoms with Crippen LogP contribution in [0.2, 0.25) is 5.02 Å². The quantitative estimate of drug-likeness (QED) is 0.659. The Labute approximate surface area is 172 Å². The van der Waals surface area contributed by atoms with E-state index in [1.165, 1.54) is 6.20 Å². The summed E-state index contributed by atoms with van der Waals surface area (Å²) in [5.41, 5.74) is 1.78. The second-order valence-corrected chi connectivity index (χ2v) is 6.76. The Morgan fingerprint density at radius 2 is 1.83 bits per heavy atom. The van der Waals surface area contributed by atoms with Crippen molar-refractivity contribution < 1.29 is 14.3 Å². The number of benzene rings is 2. The molecule has 2 aromatic carbocycles. The number of anilines is 2. The van der Waals surface area contributed by atoms with E-state index in [9.17, 15) is 9.59 Å². The van der Waals surface area contributed by atoms with E-state index in [1.807, 2.05) is 0 Å². The molecule has 0 bridgehead atoms. The molecule has 0 spiro atoms. The summed E-state index contributed by atoms with van der Waals surface area (Å²) in [5, 5.41) is 6.16. The molecule has 1 aliphatic heterocycles. The van der Waals surface area contributed by atoms with Crippen molar-refractivity contribution in [2.45, 2.75) is 0 Å². The fraction of sp³-hybridized carbons (Fsp3) is 0.0952. The molecule has 146 valence electrons. The summed E-state index contributed by atoms with van der Waals surface area (Å²) in [6, 6.07) is 17.1. The molecule has 3 aromatic rings. The Balaban J connectivity index is 1.37. The van der Waals surface area contributed by atoms with E-state index in [0.29, 0.717) is 41.0 Å². The molecule has 4 rings (SSSR count). The minimum atomic E-state index is -0.268. The van der Waals surface area contributed by atoms with Crippen molar-refractivity contribution in [1.82, 2.24) is 10.3 Å². The molecule has 0 unspecified atom stereocenters. The van der Waals surface area contributed by atoms with Crippen LogP contribution in [0.4, 0.5) is 16.2 Å². The number of halogens is 1. The van der Waals surface area contributed by atoms with Crippen LogP contribution < -0.4 is 20.3 Å². The first kappa shape index (κ1) is 18.8. The van der Waals surface area contributed by atoms with Gasteiger partial charge in [-0.3, -0.25) is 9.69 Å². The zero-order chi connectivity index (χ0) is 20.2. The maximum Gasteiger partial charge on any atom is 0.321 e. The van der Waals surface area contributed by atoms with Gasteiger partial charge in [-0.05, 0) is 54.6 Å². The summed E-state index contributed by atoms with van der Waals surface area (Å²) in [5.74, 6) is 0.750. The van der Waals surface area contributed by atoms with Gasteiger partial charge in [0.2, 0.25) is 5.88 Å². The van der Waals surface area contributed by atoms with Crippen molar-refractivity contribution in [3.05, 3.63) is 77.4 Å². The van der Waals surface area contributed by atoms with Gasteiger partial charge in [0.1, 0.15) is 5.75 Å². The maximum atomic E-state index is 12.4. The molecule has 3 amide bonds. The summed E-state index contributed by atoms with van der Waals surface area (Å²) in [6.45, 7) is 1.23. The van der Waals surface area contributed by atoms with E-state index in [0.717, 1.165) is 5.69 Å². The summed E-state index contributed by atoms with van der Waals surface area (Å²) in [7, 11) is 0. The number of carbonyl (C=O) groups is 2. The molecule has 1 aliphatic rings. The Bertz CT molecular complexity index is 1020. The number of nitrogens with one attached hydrogen (secondary N) is 2. The van der Waals surface area contributed by atoms with Crippen LogP contribution in [0, 0.1) is 0 Å². The van der Waals surface area contributed by atoms with Gasteiger partial charge in [0, 0.05) is 35.4 Å². The molecule has 0 saturated carbocycles. The standard InChI is InChI=1S/C21H17ClN4O3/c22-15-3-8-18(9-4-15)29-19-10-5-16(13-24-19)25-20(27)14-1-6-17(7-2-14)26-12-11-23-21(26)28/h1-10,13H,11-12H2,(H,23,28)(H,25,27). The van der Waals surface area contributed by atoms with Crippen LogP contribution in [0.1, 0.15) is 10.4 Å². The highest BCUT2D eigenvalue weighted by Gasteiger charge is 2.21. The van der Waals surface area contributed by atoms with Crippen molar-refractivity contribution in [2.24, 2.45) is 0 Å². The van der Waals surface area contributed by atoms with Gasteiger partial charge in [-0.15, -0.1) is 0 Å². The van der Waals surface area contributed by atoms with Gasteiger partial charge in [0.05, 0.1) is 11.9 Å². The van der Waals surface area contributed by atoms with Crippen molar-refractivity contribution in [3.8, 4) is 11.6 Å². The highest BCUT2D eigenvalue weighted by Crippen LogP contribution is 2.23. The molecule has 2 heterocycles. The lowest BCUT2D eigenvalue weighted by atomic mass is 10.2. The summed E-state index contributed by atoms with van der Waals surface area (Å²) in [4.78, 5) is 30.0. The third-order valence-corrected chi connectivity index (χ3v) is 4.58. The smallest absolute Gasteiger partial charge is 0.321 e. The van der Waals surface area contributed by atoms with E-state index in [1.54, 1.807) is 65.6 Å². The molecule has 29 heavy (non-hydrogen) atoms. The average Bonchev–Trinajstić information content (AvgIpc) is 3.17. The van der Waals surface area contributed by atoms with Crippen molar-refractivity contribution in [2.75, 3.05) is 23.3 Å². The number of hydrogen-bond acceptors (Lipinski definition) is 4. The summed E-state index contributed by atoms with van der Waals surface area (Å²) >= 11 is 5.85. The molecule has 2 N–H and O–H groups in total. The van der Waals surface area contributed by atoms with Gasteiger partial charge in [-0.25, -0.2) is 9.78 Å². The third-order valence-electron chi connectivity index (χ3n) is 4.33. The largest absolute Gasteiger partial charge is 0.439 e. The number of hydrogen-bond donors (Lipinski definition) is 2. The van der Waals surface area contributed by atoms with Gasteiger partial charge in [-0.1, -0.05) is 11.6 Å². The molecule has 8 heteroatoms. The molecule has 0 aliphatic carbocycles. The predicted octanol–water partition coefficient (Wildman–Crippen LogP) is 4.31. The molecule has 1 fully saturated rings. The van der Waals surface area contributed by atoms with E-state index in [2.05, 4.69) is 15.6 Å². The second kappa shape index (κ2) is 8.20. The molecular weight excluding hydrogens is 392 g/mol. The predicted molar refractivity (Wildman–Crippen MR) is 111 cm³/mol. The van der Waals surface area contributed by atoms with Gasteiger partial charge in [0.15, 0.2) is 0 Å². The molecule has 7 nitrogen and oxygen atoms in total. The van der Waals surface area contributed by atoms with Gasteiger partial charge < -0.3 is 15.4 Å². The normalized spacial score (nSPS) is 13.1. The number of nitrogens with zero attached hydrogens (tertiary/aromatic N) is 2.